The smallest absolute Gasteiger partial charge is 0.343 e. The summed E-state index contributed by atoms with van der Waals surface area (Å²) in [6.07, 6.45) is -7.15. The van der Waals surface area contributed by atoms with E-state index < -0.39 is 152 Å². The van der Waals surface area contributed by atoms with E-state index in [-0.39, 0.29) is 33.8 Å². The maximum Gasteiger partial charge on any atom is 0.343 e. The van der Waals surface area contributed by atoms with E-state index in [2.05, 4.69) is 0 Å². The highest BCUT2D eigenvalue weighted by molar-refractivity contribution is 5.93. The highest BCUT2D eigenvalue weighted by atomic mass is 16.6. The van der Waals surface area contributed by atoms with E-state index in [0.29, 0.717) is 0 Å². The predicted octanol–water partition coefficient (Wildman–Crippen LogP) is 4.31. The Morgan fingerprint density at radius 1 is 0.492 bits per heavy atom. The molecule has 6 aromatic rings. The second kappa shape index (κ2) is 15.7. The summed E-state index contributed by atoms with van der Waals surface area (Å²) in [6.45, 7) is 0. The Morgan fingerprint density at radius 2 is 1.05 bits per heavy atom. The Kier molecular flexibility index (Phi) is 10.3. The fourth-order valence-electron chi connectivity index (χ4n) is 7.73. The third kappa shape index (κ3) is 7.46. The summed E-state index contributed by atoms with van der Waals surface area (Å²) >= 11 is 0. The van der Waals surface area contributed by atoms with Gasteiger partial charge >= 0.3 is 11.9 Å². The van der Waals surface area contributed by atoms with E-state index in [9.17, 15) is 86.2 Å². The predicted molar refractivity (Wildman–Crippen MR) is 214 cm³/mol. The van der Waals surface area contributed by atoms with Crippen LogP contribution in [0.4, 0.5) is 0 Å². The molecule has 2 aliphatic heterocycles. The SMILES string of the molecule is O=C(Oc1cc([C@@H]2Oc3cc(O)c([C@H]4c5c(O)cc(O)cc5O[C@H](c5ccc(O)c(O)c5)[C@@H]4O)c(O)c3C[C@H]2OC(=O)c2cc(O)c(O)c(O)c2)cc(O)c1O)c1cc(O)c(O)c(O)c1. The minimum Gasteiger partial charge on any atom is -0.508 e. The normalized spacial score (nSPS) is 18.6. The minimum atomic E-state index is -1.83. The van der Waals surface area contributed by atoms with Gasteiger partial charge in [-0.15, -0.1) is 0 Å². The number of phenols is 14. The van der Waals surface area contributed by atoms with Crippen LogP contribution < -0.4 is 14.2 Å². The molecular formula is C44H34O21. The number of aliphatic hydroxyl groups excluding tert-OH is 1. The second-order valence-electron chi connectivity index (χ2n) is 15.0. The molecule has 0 radical (unpaired) electrons. The van der Waals surface area contributed by atoms with Crippen molar-refractivity contribution in [1.82, 2.24) is 0 Å². The van der Waals surface area contributed by atoms with Crippen molar-refractivity contribution in [3.63, 3.8) is 0 Å². The molecule has 5 atom stereocenters. The lowest BCUT2D eigenvalue weighted by Gasteiger charge is -2.39. The fourth-order valence-corrected chi connectivity index (χ4v) is 7.73. The number of fused-ring (bicyclic) bond motifs is 2. The van der Waals surface area contributed by atoms with Gasteiger partial charge in [-0.2, -0.15) is 0 Å². The van der Waals surface area contributed by atoms with Crippen LogP contribution >= 0.6 is 0 Å². The summed E-state index contributed by atoms with van der Waals surface area (Å²) in [4.78, 5) is 26.8. The van der Waals surface area contributed by atoms with Crippen LogP contribution in [-0.4, -0.2) is 101 Å². The van der Waals surface area contributed by atoms with Gasteiger partial charge in [-0.1, -0.05) is 6.07 Å². The van der Waals surface area contributed by atoms with Crippen LogP contribution in [-0.2, 0) is 11.2 Å². The van der Waals surface area contributed by atoms with Crippen molar-refractivity contribution in [2.75, 3.05) is 0 Å². The Labute approximate surface area is 362 Å². The summed E-state index contributed by atoms with van der Waals surface area (Å²) < 4.78 is 23.2. The number of rotatable bonds is 7. The lowest BCUT2D eigenvalue weighted by molar-refractivity contribution is -0.0191. The zero-order chi connectivity index (χ0) is 46.9. The molecule has 0 saturated carbocycles. The fraction of sp³-hybridized carbons (Fsp3) is 0.136. The van der Waals surface area contributed by atoms with Crippen LogP contribution in [0.3, 0.4) is 0 Å². The molecule has 0 aliphatic carbocycles. The third-order valence-corrected chi connectivity index (χ3v) is 10.8. The number of phenolic OH excluding ortho intramolecular Hbond substituents is 14. The lowest BCUT2D eigenvalue weighted by atomic mass is 9.77. The van der Waals surface area contributed by atoms with Gasteiger partial charge in [-0.3, -0.25) is 0 Å². The summed E-state index contributed by atoms with van der Waals surface area (Å²) in [5.74, 6) is -16.9. The molecule has 336 valence electrons. The Balaban J connectivity index is 1.24. The quantitative estimate of drug-likeness (QED) is 0.0602. The number of carbonyl (C=O) groups excluding carboxylic acids is 2. The summed E-state index contributed by atoms with van der Waals surface area (Å²) in [7, 11) is 0. The minimum absolute atomic E-state index is 0.0641. The average Bonchev–Trinajstić information content (AvgIpc) is 3.24. The molecule has 2 heterocycles. The number of aliphatic hydroxyl groups is 1. The molecule has 0 bridgehead atoms. The highest BCUT2D eigenvalue weighted by Crippen LogP contribution is 2.57. The van der Waals surface area contributed by atoms with E-state index in [1.54, 1.807) is 0 Å². The van der Waals surface area contributed by atoms with Crippen LogP contribution in [0.1, 0.15) is 66.7 Å². The highest BCUT2D eigenvalue weighted by Gasteiger charge is 2.46. The molecule has 0 amide bonds. The zero-order valence-corrected chi connectivity index (χ0v) is 32.7. The first-order valence-electron chi connectivity index (χ1n) is 18.9. The van der Waals surface area contributed by atoms with E-state index in [1.807, 2.05) is 0 Å². The standard InChI is InChI=1S/C44H34O21/c45-18-10-22(48)33-30(11-18)63-42(14-1-2-20(46)21(47)3-14)40(59)35(33)34-23(49)13-29-19(36(34)55)12-32(65-44(61)17-7-26(52)38(57)27(53)8-17)41(62-29)15-4-28(54)39(58)31(9-15)64-43(60)16-5-24(50)37(56)25(51)6-16/h1-11,13,32,35,40-42,45-59H,12H2/t32-,35-,40-,41+,42-/m1/s1. The van der Waals surface area contributed by atoms with Gasteiger partial charge in [-0.25, -0.2) is 9.59 Å². The third-order valence-electron chi connectivity index (χ3n) is 10.8. The van der Waals surface area contributed by atoms with Crippen LogP contribution in [0.2, 0.25) is 0 Å². The molecule has 0 fully saturated rings. The number of esters is 2. The molecule has 15 N–H and O–H groups in total. The Hall–Kier alpha value is -8.98. The molecule has 8 rings (SSSR count). The lowest BCUT2D eigenvalue weighted by Crippen LogP contribution is -2.36. The van der Waals surface area contributed by atoms with E-state index >= 15 is 0 Å². The van der Waals surface area contributed by atoms with Gasteiger partial charge in [0.1, 0.15) is 46.7 Å². The number of benzene rings is 6. The van der Waals surface area contributed by atoms with Crippen molar-refractivity contribution in [1.29, 1.82) is 0 Å². The van der Waals surface area contributed by atoms with Crippen LogP contribution in [0.5, 0.6) is 97.7 Å². The molecule has 0 saturated heterocycles. The number of hydrogen-bond donors (Lipinski definition) is 15. The summed E-state index contributed by atoms with van der Waals surface area (Å²) in [5.41, 5.74) is -2.12. The molecule has 21 heteroatoms. The monoisotopic (exact) mass is 898 g/mol. The van der Waals surface area contributed by atoms with Gasteiger partial charge in [0.15, 0.2) is 69.7 Å². The summed E-state index contributed by atoms with van der Waals surface area (Å²) in [6, 6.07) is 11.2. The van der Waals surface area contributed by atoms with Gasteiger partial charge in [0.05, 0.1) is 17.0 Å². The largest absolute Gasteiger partial charge is 0.508 e. The van der Waals surface area contributed by atoms with Crippen molar-refractivity contribution < 1.29 is 105 Å². The molecule has 65 heavy (non-hydrogen) atoms. The van der Waals surface area contributed by atoms with Gasteiger partial charge < -0.3 is 95.5 Å². The first-order chi connectivity index (χ1) is 30.7. The molecular weight excluding hydrogens is 864 g/mol. The van der Waals surface area contributed by atoms with Crippen LogP contribution in [0.15, 0.2) is 72.8 Å². The van der Waals surface area contributed by atoms with Gasteiger partial charge in [0, 0.05) is 46.9 Å². The molecule has 0 aromatic heterocycles. The van der Waals surface area contributed by atoms with Crippen molar-refractivity contribution in [3.8, 4) is 97.7 Å². The Morgan fingerprint density at radius 3 is 1.66 bits per heavy atom. The maximum atomic E-state index is 13.7. The van der Waals surface area contributed by atoms with E-state index in [1.165, 1.54) is 6.07 Å². The van der Waals surface area contributed by atoms with Crippen molar-refractivity contribution >= 4 is 11.9 Å². The molecule has 21 nitrogen and oxygen atoms in total. The van der Waals surface area contributed by atoms with Crippen LogP contribution in [0.25, 0.3) is 0 Å². The van der Waals surface area contributed by atoms with Crippen molar-refractivity contribution in [3.05, 3.63) is 112 Å². The van der Waals surface area contributed by atoms with Crippen molar-refractivity contribution in [2.24, 2.45) is 0 Å². The maximum absolute atomic E-state index is 13.7. The van der Waals surface area contributed by atoms with Crippen molar-refractivity contribution in [2.45, 2.75) is 36.8 Å². The number of ether oxygens (including phenoxy) is 4. The first-order valence-corrected chi connectivity index (χ1v) is 18.9. The van der Waals surface area contributed by atoms with E-state index in [0.717, 1.165) is 66.7 Å². The van der Waals surface area contributed by atoms with Gasteiger partial charge in [0.25, 0.3) is 0 Å². The topological polar surface area (TPSA) is 375 Å². The van der Waals surface area contributed by atoms with Gasteiger partial charge in [0.2, 0.25) is 5.75 Å². The first kappa shape index (κ1) is 42.7. The number of hydrogen-bond acceptors (Lipinski definition) is 21. The van der Waals surface area contributed by atoms with E-state index in [4.69, 9.17) is 18.9 Å². The second-order valence-corrected chi connectivity index (χ2v) is 15.0. The number of carbonyl (C=O) groups is 2. The molecule has 0 spiro atoms. The number of aromatic hydroxyl groups is 14. The van der Waals surface area contributed by atoms with Gasteiger partial charge in [-0.05, 0) is 54.1 Å². The molecule has 2 aliphatic rings. The molecule has 6 aromatic carbocycles. The zero-order valence-electron chi connectivity index (χ0n) is 32.7. The Bertz CT molecular complexity index is 2920. The summed E-state index contributed by atoms with van der Waals surface area (Å²) in [5, 5.41) is 159. The van der Waals surface area contributed by atoms with Crippen LogP contribution in [0, 0.1) is 0 Å². The average molecular weight is 899 g/mol. The molecule has 0 unspecified atom stereocenters.